The van der Waals surface area contributed by atoms with Crippen molar-refractivity contribution < 1.29 is 19.5 Å². The number of anilines is 2. The van der Waals surface area contributed by atoms with E-state index < -0.39 is 11.4 Å². The molecule has 0 unspecified atom stereocenters. The zero-order chi connectivity index (χ0) is 29.6. The minimum Gasteiger partial charge on any atom is -0.481 e. The molecule has 0 bridgehead atoms. The lowest BCUT2D eigenvalue weighted by molar-refractivity contribution is -0.137. The van der Waals surface area contributed by atoms with E-state index >= 15 is 0 Å². The first-order chi connectivity index (χ1) is 19.5. The number of nitrogens with one attached hydrogen (secondary N) is 2. The molecular weight excluding hydrogens is 518 g/mol. The Bertz CT molecular complexity index is 1550. The van der Waals surface area contributed by atoms with Crippen LogP contribution in [-0.2, 0) is 14.4 Å². The number of benzene rings is 2. The summed E-state index contributed by atoms with van der Waals surface area (Å²) in [5, 5.41) is 19.4. The molecule has 9 heteroatoms. The van der Waals surface area contributed by atoms with Crippen LogP contribution in [0.15, 0.2) is 60.8 Å². The highest BCUT2D eigenvalue weighted by molar-refractivity contribution is 5.95. The molecule has 0 saturated heterocycles. The van der Waals surface area contributed by atoms with E-state index in [9.17, 15) is 14.4 Å². The zero-order valence-corrected chi connectivity index (χ0v) is 24.0. The number of aryl methyl sites for hydroxylation is 1. The van der Waals surface area contributed by atoms with Crippen molar-refractivity contribution >= 4 is 34.8 Å². The van der Waals surface area contributed by atoms with E-state index in [-0.39, 0.29) is 18.2 Å². The van der Waals surface area contributed by atoms with Gasteiger partial charge in [0.1, 0.15) is 0 Å². The molecule has 214 valence electrons. The fraction of sp³-hybridized carbons (Fsp3) is 0.344. The maximum absolute atomic E-state index is 12.5. The zero-order valence-electron chi connectivity index (χ0n) is 24.0. The van der Waals surface area contributed by atoms with Gasteiger partial charge in [-0.15, -0.1) is 0 Å². The van der Waals surface area contributed by atoms with Crippen molar-refractivity contribution in [3.63, 3.8) is 0 Å². The maximum atomic E-state index is 12.5. The van der Waals surface area contributed by atoms with Gasteiger partial charge in [-0.1, -0.05) is 57.9 Å². The van der Waals surface area contributed by atoms with Crippen molar-refractivity contribution in [1.29, 1.82) is 0 Å². The topological polar surface area (TPSA) is 126 Å². The van der Waals surface area contributed by atoms with Crippen LogP contribution in [0.3, 0.4) is 0 Å². The summed E-state index contributed by atoms with van der Waals surface area (Å²) in [5.74, 6) is -0.885. The van der Waals surface area contributed by atoms with Gasteiger partial charge in [-0.25, -0.2) is 9.50 Å². The lowest BCUT2D eigenvalue weighted by Crippen LogP contribution is -2.27. The number of fused-ring (bicyclic) bond motifs is 1. The van der Waals surface area contributed by atoms with E-state index in [1.807, 2.05) is 88.5 Å². The fourth-order valence-electron chi connectivity index (χ4n) is 4.26. The Balaban J connectivity index is 1.40. The van der Waals surface area contributed by atoms with E-state index in [1.165, 1.54) is 0 Å². The highest BCUT2D eigenvalue weighted by Gasteiger charge is 2.22. The Morgan fingerprint density at radius 1 is 0.829 bits per heavy atom. The third-order valence-electron chi connectivity index (χ3n) is 6.79. The molecule has 3 N–H and O–H groups in total. The molecule has 0 aliphatic rings. The Kier molecular flexibility index (Phi) is 9.17. The number of hydrogen-bond donors (Lipinski definition) is 3. The number of carbonyl (C=O) groups is 3. The third kappa shape index (κ3) is 8.00. The number of carboxylic acids is 1. The highest BCUT2D eigenvalue weighted by Crippen LogP contribution is 2.28. The summed E-state index contributed by atoms with van der Waals surface area (Å²) < 4.78 is 1.74. The van der Waals surface area contributed by atoms with Crippen molar-refractivity contribution in [2.45, 2.75) is 66.2 Å². The molecule has 2 aromatic heterocycles. The number of aromatic nitrogens is 3. The van der Waals surface area contributed by atoms with Crippen LogP contribution in [-0.4, -0.2) is 37.5 Å². The number of aliphatic carboxylic acids is 1. The number of nitrogens with zero attached hydrogens (tertiary/aromatic N) is 3. The van der Waals surface area contributed by atoms with E-state index in [0.29, 0.717) is 24.2 Å². The predicted molar refractivity (Wildman–Crippen MR) is 161 cm³/mol. The molecule has 0 radical (unpaired) electrons. The van der Waals surface area contributed by atoms with Crippen LogP contribution in [0.1, 0.15) is 64.9 Å². The molecule has 0 spiro atoms. The first-order valence-electron chi connectivity index (χ1n) is 13.9. The quantitative estimate of drug-likeness (QED) is 0.176. The molecule has 2 heterocycles. The first-order valence-corrected chi connectivity index (χ1v) is 13.9. The van der Waals surface area contributed by atoms with Crippen LogP contribution < -0.4 is 10.6 Å². The van der Waals surface area contributed by atoms with Crippen LogP contribution in [0.2, 0.25) is 0 Å². The number of imidazole rings is 1. The van der Waals surface area contributed by atoms with E-state index in [4.69, 9.17) is 15.2 Å². The molecule has 0 saturated carbocycles. The van der Waals surface area contributed by atoms with Crippen molar-refractivity contribution in [3.05, 3.63) is 66.4 Å². The second-order valence-electron chi connectivity index (χ2n) is 11.3. The normalized spacial score (nSPS) is 11.4. The van der Waals surface area contributed by atoms with Crippen molar-refractivity contribution in [2.24, 2.45) is 5.41 Å². The Labute approximate surface area is 240 Å². The molecule has 0 aliphatic carbocycles. The molecule has 0 atom stereocenters. The summed E-state index contributed by atoms with van der Waals surface area (Å²) in [6.07, 6.45) is 5.47. The summed E-state index contributed by atoms with van der Waals surface area (Å²) in [4.78, 5) is 40.1. The van der Waals surface area contributed by atoms with Crippen molar-refractivity contribution in [3.8, 4) is 22.5 Å². The van der Waals surface area contributed by atoms with Gasteiger partial charge in [0.15, 0.2) is 5.65 Å². The van der Waals surface area contributed by atoms with Crippen LogP contribution in [0.5, 0.6) is 0 Å². The van der Waals surface area contributed by atoms with Gasteiger partial charge in [0, 0.05) is 40.8 Å². The van der Waals surface area contributed by atoms with Crippen molar-refractivity contribution in [2.75, 3.05) is 10.6 Å². The Morgan fingerprint density at radius 2 is 1.51 bits per heavy atom. The average Bonchev–Trinajstić information content (AvgIpc) is 3.35. The van der Waals surface area contributed by atoms with E-state index in [2.05, 4.69) is 10.6 Å². The predicted octanol–water partition coefficient (Wildman–Crippen LogP) is 6.72. The van der Waals surface area contributed by atoms with Crippen molar-refractivity contribution in [1.82, 2.24) is 14.6 Å². The molecule has 2 amide bonds. The molecule has 0 aliphatic heterocycles. The first kappa shape index (κ1) is 29.5. The number of amides is 2. The van der Waals surface area contributed by atoms with Crippen LogP contribution >= 0.6 is 0 Å². The SMILES string of the molecule is Cc1ccc(-c2cn3nc(-c4ccc(NC(=O)CCCCCCC(=O)O)cc4)ccc3n2)cc1NC(=O)C(C)(C)C. The van der Waals surface area contributed by atoms with Gasteiger partial charge in [0.2, 0.25) is 11.8 Å². The standard InChI is InChI=1S/C32H37N5O4/c1-21-11-12-23(19-26(21)35-31(41)32(2,3)4)27-20-37-28(34-27)18-17-25(36-37)22-13-15-24(16-14-22)33-29(38)9-7-5-6-8-10-30(39)40/h11-20H,5-10H2,1-4H3,(H,33,38)(H,35,41)(H,39,40). The van der Waals surface area contributed by atoms with Crippen LogP contribution in [0, 0.1) is 12.3 Å². The van der Waals surface area contributed by atoms with Gasteiger partial charge in [-0.3, -0.25) is 14.4 Å². The third-order valence-corrected chi connectivity index (χ3v) is 6.79. The smallest absolute Gasteiger partial charge is 0.303 e. The van der Waals surface area contributed by atoms with Gasteiger partial charge in [-0.2, -0.15) is 5.10 Å². The monoisotopic (exact) mass is 555 g/mol. The van der Waals surface area contributed by atoms with Crippen LogP contribution in [0.4, 0.5) is 11.4 Å². The maximum Gasteiger partial charge on any atom is 0.303 e. The largest absolute Gasteiger partial charge is 0.481 e. The second-order valence-corrected chi connectivity index (χ2v) is 11.3. The Morgan fingerprint density at radius 3 is 2.20 bits per heavy atom. The number of carboxylic acid groups (broad SMARTS) is 1. The Hall–Kier alpha value is -4.53. The lowest BCUT2D eigenvalue weighted by atomic mass is 9.95. The van der Waals surface area contributed by atoms with Gasteiger partial charge < -0.3 is 15.7 Å². The fourth-order valence-corrected chi connectivity index (χ4v) is 4.26. The minimum absolute atomic E-state index is 0.0467. The number of rotatable bonds is 11. The molecular formula is C32H37N5O4. The highest BCUT2D eigenvalue weighted by atomic mass is 16.4. The molecule has 0 fully saturated rings. The van der Waals surface area contributed by atoms with Gasteiger partial charge >= 0.3 is 5.97 Å². The summed E-state index contributed by atoms with van der Waals surface area (Å²) in [6, 6.07) is 17.2. The molecule has 4 aromatic rings. The second kappa shape index (κ2) is 12.8. The minimum atomic E-state index is -0.781. The van der Waals surface area contributed by atoms with Gasteiger partial charge in [0.05, 0.1) is 17.6 Å². The van der Waals surface area contributed by atoms with Gasteiger partial charge in [0.25, 0.3) is 0 Å². The molecule has 9 nitrogen and oxygen atoms in total. The van der Waals surface area contributed by atoms with Crippen LogP contribution in [0.25, 0.3) is 28.2 Å². The summed E-state index contributed by atoms with van der Waals surface area (Å²) in [5.41, 5.74) is 5.96. The number of hydrogen-bond acceptors (Lipinski definition) is 5. The van der Waals surface area contributed by atoms with Gasteiger partial charge in [-0.05, 0) is 55.7 Å². The number of carbonyl (C=O) groups excluding carboxylic acids is 2. The molecule has 4 rings (SSSR count). The average molecular weight is 556 g/mol. The summed E-state index contributed by atoms with van der Waals surface area (Å²) in [6.45, 7) is 7.61. The summed E-state index contributed by atoms with van der Waals surface area (Å²) in [7, 11) is 0. The number of unbranched alkanes of at least 4 members (excludes halogenated alkanes) is 3. The van der Waals surface area contributed by atoms with E-state index in [1.54, 1.807) is 4.52 Å². The van der Waals surface area contributed by atoms with E-state index in [0.717, 1.165) is 53.0 Å². The molecule has 41 heavy (non-hydrogen) atoms. The lowest BCUT2D eigenvalue weighted by Gasteiger charge is -2.19. The summed E-state index contributed by atoms with van der Waals surface area (Å²) >= 11 is 0. The molecule has 2 aromatic carbocycles.